The van der Waals surface area contributed by atoms with Gasteiger partial charge in [0.2, 0.25) is 0 Å². The van der Waals surface area contributed by atoms with E-state index in [1.54, 1.807) is 36.1 Å². The Kier molecular flexibility index (Phi) is 7.19. The third-order valence-electron chi connectivity index (χ3n) is 3.64. The van der Waals surface area contributed by atoms with E-state index in [-0.39, 0.29) is 12.5 Å². The molecule has 0 aliphatic rings. The van der Waals surface area contributed by atoms with Gasteiger partial charge in [-0.1, -0.05) is 30.3 Å². The minimum Gasteiger partial charge on any atom is -0.462 e. The van der Waals surface area contributed by atoms with Gasteiger partial charge >= 0.3 is 12.0 Å². The Morgan fingerprint density at radius 3 is 2.42 bits per heavy atom. The molecule has 6 nitrogen and oxygen atoms in total. The molecule has 0 bridgehead atoms. The number of esters is 1. The first kappa shape index (κ1) is 19.0. The molecule has 2 rings (SSSR count). The predicted octanol–water partition coefficient (Wildman–Crippen LogP) is 3.81. The Morgan fingerprint density at radius 2 is 1.81 bits per heavy atom. The van der Waals surface area contributed by atoms with Crippen molar-refractivity contribution >= 4 is 17.7 Å². The van der Waals surface area contributed by atoms with Crippen LogP contribution in [0.25, 0.3) is 0 Å². The van der Waals surface area contributed by atoms with Crippen LogP contribution in [0.2, 0.25) is 0 Å². The molecular weight excluding hydrogens is 330 g/mol. The molecule has 0 heterocycles. The van der Waals surface area contributed by atoms with Gasteiger partial charge < -0.3 is 15.0 Å². The minimum atomic E-state index is -0.398. The van der Waals surface area contributed by atoms with Gasteiger partial charge in [-0.25, -0.2) is 9.59 Å². The Balaban J connectivity index is 2.03. The number of benzene rings is 2. The summed E-state index contributed by atoms with van der Waals surface area (Å²) in [5.74, 6) is -0.398. The number of hydrogen-bond donors (Lipinski definition) is 1. The number of anilines is 1. The van der Waals surface area contributed by atoms with Crippen LogP contribution in [0.4, 0.5) is 10.5 Å². The summed E-state index contributed by atoms with van der Waals surface area (Å²) in [7, 11) is 0. The highest BCUT2D eigenvalue weighted by Crippen LogP contribution is 2.13. The number of nitrogens with one attached hydrogen (secondary N) is 1. The van der Waals surface area contributed by atoms with E-state index in [1.165, 1.54) is 0 Å². The van der Waals surface area contributed by atoms with Crippen molar-refractivity contribution in [1.29, 1.82) is 5.26 Å². The van der Waals surface area contributed by atoms with Crippen molar-refractivity contribution < 1.29 is 14.3 Å². The highest BCUT2D eigenvalue weighted by Gasteiger charge is 2.14. The fraction of sp³-hybridized carbons (Fsp3) is 0.250. The van der Waals surface area contributed by atoms with Crippen LogP contribution in [0.5, 0.6) is 0 Å². The highest BCUT2D eigenvalue weighted by atomic mass is 16.5. The fourth-order valence-electron chi connectivity index (χ4n) is 2.35. The Bertz CT molecular complexity index is 767. The summed E-state index contributed by atoms with van der Waals surface area (Å²) in [6, 6.07) is 17.8. The van der Waals surface area contributed by atoms with Crippen LogP contribution < -0.4 is 5.32 Å². The van der Waals surface area contributed by atoms with Gasteiger partial charge in [-0.05, 0) is 36.8 Å². The van der Waals surface area contributed by atoms with Gasteiger partial charge in [0.05, 0.1) is 24.7 Å². The Morgan fingerprint density at radius 1 is 1.12 bits per heavy atom. The van der Waals surface area contributed by atoms with Crippen LogP contribution in [-0.2, 0) is 11.3 Å². The molecule has 1 N–H and O–H groups in total. The van der Waals surface area contributed by atoms with Crippen molar-refractivity contribution in [3.63, 3.8) is 0 Å². The number of nitriles is 1. The van der Waals surface area contributed by atoms with Crippen molar-refractivity contribution in [1.82, 2.24) is 4.90 Å². The van der Waals surface area contributed by atoms with Crippen LogP contribution in [0.3, 0.4) is 0 Å². The van der Waals surface area contributed by atoms with Crippen molar-refractivity contribution in [2.24, 2.45) is 0 Å². The molecular formula is C20H21N3O3. The maximum absolute atomic E-state index is 12.6. The molecule has 26 heavy (non-hydrogen) atoms. The molecule has 0 radical (unpaired) electrons. The Hall–Kier alpha value is -3.33. The Labute approximate surface area is 153 Å². The molecule has 2 aromatic carbocycles. The zero-order chi connectivity index (χ0) is 18.8. The largest absolute Gasteiger partial charge is 0.462 e. The average molecular weight is 351 g/mol. The molecule has 2 amide bonds. The number of urea groups is 1. The van der Waals surface area contributed by atoms with E-state index in [0.717, 1.165) is 5.56 Å². The van der Waals surface area contributed by atoms with E-state index < -0.39 is 5.97 Å². The lowest BCUT2D eigenvalue weighted by Crippen LogP contribution is -2.35. The van der Waals surface area contributed by atoms with E-state index in [9.17, 15) is 9.59 Å². The first-order chi connectivity index (χ1) is 12.6. The van der Waals surface area contributed by atoms with E-state index in [0.29, 0.717) is 30.9 Å². The van der Waals surface area contributed by atoms with E-state index in [1.807, 2.05) is 30.3 Å². The molecule has 2 aromatic rings. The summed E-state index contributed by atoms with van der Waals surface area (Å²) >= 11 is 0. The first-order valence-electron chi connectivity index (χ1n) is 8.38. The number of ether oxygens (including phenoxy) is 1. The summed E-state index contributed by atoms with van der Waals surface area (Å²) in [5.41, 5.74) is 1.98. The van der Waals surface area contributed by atoms with Gasteiger partial charge in [0, 0.05) is 18.8 Å². The molecule has 134 valence electrons. The first-order valence-corrected chi connectivity index (χ1v) is 8.38. The van der Waals surface area contributed by atoms with Gasteiger partial charge in [-0.15, -0.1) is 0 Å². The summed E-state index contributed by atoms with van der Waals surface area (Å²) in [6.07, 6.45) is 0.252. The molecule has 0 saturated heterocycles. The van der Waals surface area contributed by atoms with Crippen molar-refractivity contribution in [3.8, 4) is 6.07 Å². The highest BCUT2D eigenvalue weighted by molar-refractivity contribution is 5.92. The second-order valence-corrected chi connectivity index (χ2v) is 5.54. The summed E-state index contributed by atoms with van der Waals surface area (Å²) < 4.78 is 4.93. The minimum absolute atomic E-state index is 0.252. The molecule has 0 aromatic heterocycles. The van der Waals surface area contributed by atoms with Crippen molar-refractivity contribution in [2.45, 2.75) is 19.9 Å². The van der Waals surface area contributed by atoms with Crippen molar-refractivity contribution in [2.75, 3.05) is 18.5 Å². The lowest BCUT2D eigenvalue weighted by molar-refractivity contribution is 0.0526. The van der Waals surface area contributed by atoms with Crippen LogP contribution in [0, 0.1) is 11.3 Å². The van der Waals surface area contributed by atoms with Gasteiger partial charge in [-0.3, -0.25) is 0 Å². The van der Waals surface area contributed by atoms with Gasteiger partial charge in [-0.2, -0.15) is 5.26 Å². The lowest BCUT2D eigenvalue weighted by Gasteiger charge is -2.22. The zero-order valence-electron chi connectivity index (χ0n) is 14.6. The number of rotatable bonds is 7. The molecule has 0 spiro atoms. The molecule has 0 aliphatic carbocycles. The van der Waals surface area contributed by atoms with Crippen molar-refractivity contribution in [3.05, 3.63) is 65.7 Å². The number of amides is 2. The number of hydrogen-bond acceptors (Lipinski definition) is 4. The van der Waals surface area contributed by atoms with Crippen LogP contribution in [0.1, 0.15) is 29.3 Å². The quantitative estimate of drug-likeness (QED) is 0.769. The van der Waals surface area contributed by atoms with Crippen LogP contribution in [-0.4, -0.2) is 30.1 Å². The SMILES string of the molecule is CCOC(=O)c1ccc(NC(=O)N(CCC#N)Cc2ccccc2)cc1. The second-order valence-electron chi connectivity index (χ2n) is 5.54. The van der Waals surface area contributed by atoms with Crippen LogP contribution >= 0.6 is 0 Å². The number of nitrogens with zero attached hydrogens (tertiary/aromatic N) is 2. The van der Waals surface area contributed by atoms with E-state index >= 15 is 0 Å². The molecule has 0 unspecified atom stereocenters. The molecule has 0 fully saturated rings. The monoisotopic (exact) mass is 351 g/mol. The third kappa shape index (κ3) is 5.64. The zero-order valence-corrected chi connectivity index (χ0v) is 14.6. The number of carbonyl (C=O) groups is 2. The predicted molar refractivity (Wildman–Crippen MR) is 98.5 cm³/mol. The van der Waals surface area contributed by atoms with Crippen LogP contribution in [0.15, 0.2) is 54.6 Å². The summed E-state index contributed by atoms with van der Waals surface area (Å²) in [4.78, 5) is 25.8. The van der Waals surface area contributed by atoms with E-state index in [4.69, 9.17) is 10.00 Å². The lowest BCUT2D eigenvalue weighted by atomic mass is 10.2. The number of carbonyl (C=O) groups excluding carboxylic acids is 2. The normalized spacial score (nSPS) is 9.85. The van der Waals surface area contributed by atoms with Gasteiger partial charge in [0.25, 0.3) is 0 Å². The second kappa shape index (κ2) is 9.84. The maximum atomic E-state index is 12.6. The standard InChI is InChI=1S/C20H21N3O3/c1-2-26-19(24)17-9-11-18(12-10-17)22-20(25)23(14-6-13-21)15-16-7-4-3-5-8-16/h3-5,7-12H,2,6,14-15H2,1H3,(H,22,25). The average Bonchev–Trinajstić information content (AvgIpc) is 2.66. The molecule has 0 saturated carbocycles. The molecule has 0 atom stereocenters. The molecule has 0 aliphatic heterocycles. The third-order valence-corrected chi connectivity index (χ3v) is 3.64. The topological polar surface area (TPSA) is 82.4 Å². The smallest absolute Gasteiger partial charge is 0.338 e. The molecule has 6 heteroatoms. The van der Waals surface area contributed by atoms with E-state index in [2.05, 4.69) is 11.4 Å². The van der Waals surface area contributed by atoms with Gasteiger partial charge in [0.1, 0.15) is 0 Å². The summed E-state index contributed by atoms with van der Waals surface area (Å²) in [5, 5.41) is 11.6. The summed E-state index contributed by atoms with van der Waals surface area (Å²) in [6.45, 7) is 2.80. The fourth-order valence-corrected chi connectivity index (χ4v) is 2.35. The van der Waals surface area contributed by atoms with Gasteiger partial charge in [0.15, 0.2) is 0 Å². The maximum Gasteiger partial charge on any atom is 0.338 e.